The summed E-state index contributed by atoms with van der Waals surface area (Å²) in [5.41, 5.74) is 2.61. The van der Waals surface area contributed by atoms with Gasteiger partial charge in [0, 0.05) is 6.42 Å². The molecule has 16 heavy (non-hydrogen) atoms. The van der Waals surface area contributed by atoms with E-state index in [2.05, 4.69) is 10.8 Å². The summed E-state index contributed by atoms with van der Waals surface area (Å²) in [7, 11) is 0. The van der Waals surface area contributed by atoms with E-state index >= 15 is 0 Å². The van der Waals surface area contributed by atoms with Crippen LogP contribution in [0.25, 0.3) is 0 Å². The monoisotopic (exact) mass is 226 g/mol. The SMILES string of the molecule is O=C(CC1CCCNC1)NOC1CCCC1. The molecule has 4 nitrogen and oxygen atoms in total. The van der Waals surface area contributed by atoms with Gasteiger partial charge in [-0.25, -0.2) is 5.48 Å². The minimum atomic E-state index is 0.0422. The second kappa shape index (κ2) is 6.21. The van der Waals surface area contributed by atoms with E-state index in [0.717, 1.165) is 32.4 Å². The van der Waals surface area contributed by atoms with Gasteiger partial charge in [-0.2, -0.15) is 0 Å². The van der Waals surface area contributed by atoms with Gasteiger partial charge in [-0.1, -0.05) is 12.8 Å². The number of carbonyl (C=O) groups excluding carboxylic acids is 1. The van der Waals surface area contributed by atoms with Crippen molar-refractivity contribution >= 4 is 5.91 Å². The average molecular weight is 226 g/mol. The van der Waals surface area contributed by atoms with Gasteiger partial charge in [0.15, 0.2) is 0 Å². The lowest BCUT2D eigenvalue weighted by molar-refractivity contribution is -0.139. The Morgan fingerprint density at radius 2 is 2.06 bits per heavy atom. The van der Waals surface area contributed by atoms with Gasteiger partial charge in [0.25, 0.3) is 0 Å². The van der Waals surface area contributed by atoms with Crippen LogP contribution in [0.15, 0.2) is 0 Å². The molecule has 2 N–H and O–H groups in total. The molecule has 0 aromatic heterocycles. The lowest BCUT2D eigenvalue weighted by Crippen LogP contribution is -2.35. The number of piperidine rings is 1. The maximum absolute atomic E-state index is 11.6. The molecule has 0 aromatic rings. The summed E-state index contributed by atoms with van der Waals surface area (Å²) in [6.07, 6.45) is 7.83. The Morgan fingerprint density at radius 1 is 1.25 bits per heavy atom. The van der Waals surface area contributed by atoms with E-state index in [9.17, 15) is 4.79 Å². The summed E-state index contributed by atoms with van der Waals surface area (Å²) in [5.74, 6) is 0.529. The van der Waals surface area contributed by atoms with Crippen molar-refractivity contribution in [2.75, 3.05) is 13.1 Å². The second-order valence-electron chi connectivity index (χ2n) is 4.97. The van der Waals surface area contributed by atoms with Crippen molar-refractivity contribution in [2.45, 2.75) is 51.0 Å². The molecule has 1 saturated heterocycles. The minimum absolute atomic E-state index is 0.0422. The van der Waals surface area contributed by atoms with Crippen LogP contribution in [0.4, 0.5) is 0 Å². The van der Waals surface area contributed by atoms with Crippen LogP contribution in [0.3, 0.4) is 0 Å². The number of hydroxylamine groups is 1. The van der Waals surface area contributed by atoms with E-state index in [1.54, 1.807) is 0 Å². The first-order valence-electron chi connectivity index (χ1n) is 6.50. The molecule has 1 saturated carbocycles. The number of hydrogen-bond donors (Lipinski definition) is 2. The average Bonchev–Trinajstić information content (AvgIpc) is 2.81. The van der Waals surface area contributed by atoms with E-state index in [0.29, 0.717) is 12.3 Å². The van der Waals surface area contributed by atoms with Crippen LogP contribution in [-0.2, 0) is 9.63 Å². The maximum atomic E-state index is 11.6. The molecule has 1 atom stereocenters. The summed E-state index contributed by atoms with van der Waals surface area (Å²) < 4.78 is 0. The highest BCUT2D eigenvalue weighted by molar-refractivity contribution is 5.75. The van der Waals surface area contributed by atoms with Crippen molar-refractivity contribution in [1.82, 2.24) is 10.8 Å². The number of rotatable bonds is 4. The third-order valence-corrected chi connectivity index (χ3v) is 3.51. The molecule has 1 unspecified atom stereocenters. The van der Waals surface area contributed by atoms with Crippen molar-refractivity contribution in [3.63, 3.8) is 0 Å². The smallest absolute Gasteiger partial charge is 0.243 e. The molecular formula is C12H22N2O2. The summed E-state index contributed by atoms with van der Waals surface area (Å²) in [6.45, 7) is 2.06. The van der Waals surface area contributed by atoms with Crippen LogP contribution >= 0.6 is 0 Å². The first-order valence-corrected chi connectivity index (χ1v) is 6.50. The van der Waals surface area contributed by atoms with Crippen molar-refractivity contribution in [2.24, 2.45) is 5.92 Å². The Kier molecular flexibility index (Phi) is 4.60. The zero-order valence-electron chi connectivity index (χ0n) is 9.84. The summed E-state index contributed by atoms with van der Waals surface area (Å²) in [4.78, 5) is 17.0. The molecule has 1 amide bonds. The Labute approximate surface area is 97.1 Å². The van der Waals surface area contributed by atoms with Crippen LogP contribution in [0.2, 0.25) is 0 Å². The van der Waals surface area contributed by atoms with E-state index in [1.807, 2.05) is 0 Å². The van der Waals surface area contributed by atoms with Crippen LogP contribution < -0.4 is 10.8 Å². The van der Waals surface area contributed by atoms with Gasteiger partial charge in [0.05, 0.1) is 6.10 Å². The molecule has 1 aliphatic carbocycles. The minimum Gasteiger partial charge on any atom is -0.316 e. The van der Waals surface area contributed by atoms with Gasteiger partial charge >= 0.3 is 0 Å². The van der Waals surface area contributed by atoms with Gasteiger partial charge < -0.3 is 5.32 Å². The number of hydrogen-bond acceptors (Lipinski definition) is 3. The Morgan fingerprint density at radius 3 is 2.75 bits per heavy atom. The van der Waals surface area contributed by atoms with E-state index < -0.39 is 0 Å². The molecule has 0 spiro atoms. The van der Waals surface area contributed by atoms with Gasteiger partial charge in [-0.15, -0.1) is 0 Å². The third kappa shape index (κ3) is 3.76. The molecule has 1 aliphatic heterocycles. The summed E-state index contributed by atoms with van der Waals surface area (Å²) >= 11 is 0. The molecule has 0 bridgehead atoms. The highest BCUT2D eigenvalue weighted by Crippen LogP contribution is 2.20. The van der Waals surface area contributed by atoms with E-state index in [-0.39, 0.29) is 12.0 Å². The molecule has 92 valence electrons. The van der Waals surface area contributed by atoms with Gasteiger partial charge in [-0.3, -0.25) is 9.63 Å². The Bertz CT molecular complexity index is 221. The van der Waals surface area contributed by atoms with Crippen molar-refractivity contribution < 1.29 is 9.63 Å². The van der Waals surface area contributed by atoms with Crippen LogP contribution in [0.1, 0.15) is 44.9 Å². The summed E-state index contributed by atoms with van der Waals surface area (Å²) in [6, 6.07) is 0. The van der Waals surface area contributed by atoms with Gasteiger partial charge in [0.1, 0.15) is 0 Å². The molecule has 1 heterocycles. The predicted octanol–water partition coefficient (Wildman–Crippen LogP) is 1.37. The molecular weight excluding hydrogens is 204 g/mol. The fourth-order valence-electron chi connectivity index (χ4n) is 2.56. The fraction of sp³-hybridized carbons (Fsp3) is 0.917. The van der Waals surface area contributed by atoms with Gasteiger partial charge in [0.2, 0.25) is 5.91 Å². The number of amides is 1. The van der Waals surface area contributed by atoms with Gasteiger partial charge in [-0.05, 0) is 44.7 Å². The first-order chi connectivity index (χ1) is 7.84. The molecule has 0 radical (unpaired) electrons. The van der Waals surface area contributed by atoms with Crippen molar-refractivity contribution in [3.05, 3.63) is 0 Å². The zero-order chi connectivity index (χ0) is 11.2. The molecule has 2 fully saturated rings. The lowest BCUT2D eigenvalue weighted by atomic mass is 9.96. The number of nitrogens with one attached hydrogen (secondary N) is 2. The molecule has 0 aromatic carbocycles. The fourth-order valence-corrected chi connectivity index (χ4v) is 2.56. The molecule has 2 rings (SSSR count). The normalized spacial score (nSPS) is 26.9. The highest BCUT2D eigenvalue weighted by Gasteiger charge is 2.19. The second-order valence-corrected chi connectivity index (χ2v) is 4.97. The van der Waals surface area contributed by atoms with Crippen LogP contribution in [0.5, 0.6) is 0 Å². The Balaban J connectivity index is 1.59. The maximum Gasteiger partial charge on any atom is 0.243 e. The van der Waals surface area contributed by atoms with Crippen LogP contribution in [0, 0.1) is 5.92 Å². The van der Waals surface area contributed by atoms with Crippen molar-refractivity contribution in [1.29, 1.82) is 0 Å². The topological polar surface area (TPSA) is 50.4 Å². The zero-order valence-corrected chi connectivity index (χ0v) is 9.84. The molecule has 4 heteroatoms. The Hall–Kier alpha value is -0.610. The van der Waals surface area contributed by atoms with Crippen molar-refractivity contribution in [3.8, 4) is 0 Å². The van der Waals surface area contributed by atoms with E-state index in [4.69, 9.17) is 4.84 Å². The molecule has 2 aliphatic rings. The predicted molar refractivity (Wildman–Crippen MR) is 61.7 cm³/mol. The van der Waals surface area contributed by atoms with Crippen LogP contribution in [-0.4, -0.2) is 25.1 Å². The summed E-state index contributed by atoms with van der Waals surface area (Å²) in [5, 5.41) is 3.32. The first kappa shape index (κ1) is 11.9. The van der Waals surface area contributed by atoms with E-state index in [1.165, 1.54) is 19.3 Å². The standard InChI is InChI=1S/C12H22N2O2/c15-12(8-10-4-3-7-13-9-10)14-16-11-5-1-2-6-11/h10-11,13H,1-9H2,(H,14,15). The highest BCUT2D eigenvalue weighted by atomic mass is 16.7. The third-order valence-electron chi connectivity index (χ3n) is 3.51. The number of carbonyl (C=O) groups is 1. The lowest BCUT2D eigenvalue weighted by Gasteiger charge is -2.22. The largest absolute Gasteiger partial charge is 0.316 e. The quantitative estimate of drug-likeness (QED) is 0.712.